The molecule has 0 saturated carbocycles. The summed E-state index contributed by atoms with van der Waals surface area (Å²) >= 11 is 4.11. The van der Waals surface area contributed by atoms with Gasteiger partial charge in [-0.25, -0.2) is 4.98 Å². The Bertz CT molecular complexity index is 1300. The molecule has 0 unspecified atom stereocenters. The van der Waals surface area contributed by atoms with Crippen molar-refractivity contribution in [1.82, 2.24) is 9.55 Å². The van der Waals surface area contributed by atoms with Gasteiger partial charge in [0.25, 0.3) is 11.5 Å². The lowest BCUT2D eigenvalue weighted by Crippen LogP contribution is -2.24. The molecule has 3 aromatic heterocycles. The predicted octanol–water partition coefficient (Wildman–Crippen LogP) is 4.03. The van der Waals surface area contributed by atoms with Crippen molar-refractivity contribution in [2.75, 3.05) is 11.1 Å². The number of nitrogens with one attached hydrogen (secondary N) is 1. The van der Waals surface area contributed by atoms with Gasteiger partial charge in [0.2, 0.25) is 5.91 Å². The van der Waals surface area contributed by atoms with Crippen molar-refractivity contribution >= 4 is 61.5 Å². The van der Waals surface area contributed by atoms with Crippen LogP contribution in [0.3, 0.4) is 0 Å². The van der Waals surface area contributed by atoms with Crippen molar-refractivity contribution in [2.45, 2.75) is 51.2 Å². The number of anilines is 1. The molecule has 1 aliphatic rings. The van der Waals surface area contributed by atoms with Gasteiger partial charge in [0.05, 0.1) is 16.7 Å². The van der Waals surface area contributed by atoms with Gasteiger partial charge >= 0.3 is 0 Å². The van der Waals surface area contributed by atoms with Gasteiger partial charge in [0.15, 0.2) is 5.16 Å². The van der Waals surface area contributed by atoms with E-state index in [0.29, 0.717) is 32.5 Å². The number of thioether (sulfide) groups is 1. The Morgan fingerprint density at radius 3 is 2.75 bits per heavy atom. The third-order valence-electron chi connectivity index (χ3n) is 5.57. The molecule has 168 valence electrons. The number of aromatic nitrogens is 2. The zero-order valence-electron chi connectivity index (χ0n) is 17.9. The molecule has 0 atom stereocenters. The van der Waals surface area contributed by atoms with Gasteiger partial charge in [-0.1, -0.05) is 17.8 Å². The number of thiophene rings is 2. The van der Waals surface area contributed by atoms with E-state index in [1.165, 1.54) is 34.4 Å². The lowest BCUT2D eigenvalue weighted by atomic mass is 9.95. The van der Waals surface area contributed by atoms with E-state index in [4.69, 9.17) is 5.73 Å². The first-order chi connectivity index (χ1) is 15.3. The van der Waals surface area contributed by atoms with Crippen LogP contribution in [0.5, 0.6) is 0 Å². The smallest absolute Gasteiger partial charge is 0.263 e. The van der Waals surface area contributed by atoms with E-state index in [1.807, 2.05) is 13.8 Å². The summed E-state index contributed by atoms with van der Waals surface area (Å²) in [5, 5.41) is 4.48. The van der Waals surface area contributed by atoms with Crippen molar-refractivity contribution in [1.29, 1.82) is 0 Å². The molecule has 3 N–H and O–H groups in total. The lowest BCUT2D eigenvalue weighted by molar-refractivity contribution is -0.113. The minimum absolute atomic E-state index is 0.0548. The number of primary amides is 1. The largest absolute Gasteiger partial charge is 0.365 e. The van der Waals surface area contributed by atoms with Crippen LogP contribution in [0, 0.1) is 13.8 Å². The Labute approximate surface area is 197 Å². The number of allylic oxidation sites excluding steroid dienone is 1. The van der Waals surface area contributed by atoms with Gasteiger partial charge in [0.1, 0.15) is 9.83 Å². The molecule has 1 aliphatic carbocycles. The number of fused-ring (bicyclic) bond motifs is 2. The number of hydrogen-bond donors (Lipinski definition) is 2. The third-order valence-corrected chi connectivity index (χ3v) is 8.85. The monoisotopic (exact) mass is 488 g/mol. The minimum atomic E-state index is -0.511. The van der Waals surface area contributed by atoms with Crippen LogP contribution in [0.4, 0.5) is 5.00 Å². The Kier molecular flexibility index (Phi) is 6.55. The highest BCUT2D eigenvalue weighted by atomic mass is 32.2. The quantitative estimate of drug-likeness (QED) is 0.297. The van der Waals surface area contributed by atoms with E-state index in [1.54, 1.807) is 10.6 Å². The van der Waals surface area contributed by atoms with Crippen molar-refractivity contribution in [3.8, 4) is 0 Å². The predicted molar refractivity (Wildman–Crippen MR) is 132 cm³/mol. The third kappa shape index (κ3) is 4.14. The van der Waals surface area contributed by atoms with Gasteiger partial charge in [-0.3, -0.25) is 19.0 Å². The van der Waals surface area contributed by atoms with Gasteiger partial charge < -0.3 is 11.1 Å². The van der Waals surface area contributed by atoms with Crippen LogP contribution in [0.1, 0.15) is 44.1 Å². The van der Waals surface area contributed by atoms with E-state index in [2.05, 4.69) is 16.9 Å². The maximum Gasteiger partial charge on any atom is 0.263 e. The molecular weight excluding hydrogens is 464 g/mol. The Morgan fingerprint density at radius 1 is 1.28 bits per heavy atom. The number of carbonyl (C=O) groups is 2. The highest BCUT2D eigenvalue weighted by molar-refractivity contribution is 7.99. The molecule has 0 spiro atoms. The van der Waals surface area contributed by atoms with Crippen LogP contribution in [0.2, 0.25) is 0 Å². The average molecular weight is 489 g/mol. The van der Waals surface area contributed by atoms with Gasteiger partial charge in [0, 0.05) is 16.3 Å². The lowest BCUT2D eigenvalue weighted by Gasteiger charge is -2.11. The highest BCUT2D eigenvalue weighted by Gasteiger charge is 2.25. The molecule has 7 nitrogen and oxygen atoms in total. The van der Waals surface area contributed by atoms with Crippen molar-refractivity contribution in [2.24, 2.45) is 5.73 Å². The second-order valence-corrected chi connectivity index (χ2v) is 10.9. The number of aryl methyl sites for hydroxylation is 3. The molecule has 2 amide bonds. The summed E-state index contributed by atoms with van der Waals surface area (Å²) in [7, 11) is 0. The molecule has 0 saturated heterocycles. The summed E-state index contributed by atoms with van der Waals surface area (Å²) < 4.78 is 1.55. The Hall–Kier alpha value is -2.43. The van der Waals surface area contributed by atoms with E-state index < -0.39 is 5.91 Å². The van der Waals surface area contributed by atoms with E-state index >= 15 is 0 Å². The molecule has 0 bridgehead atoms. The summed E-state index contributed by atoms with van der Waals surface area (Å²) in [5.41, 5.74) is 7.85. The maximum absolute atomic E-state index is 13.1. The molecule has 0 fully saturated rings. The molecule has 3 aromatic rings. The first kappa shape index (κ1) is 22.8. The van der Waals surface area contributed by atoms with Crippen LogP contribution < -0.4 is 16.6 Å². The van der Waals surface area contributed by atoms with Gasteiger partial charge in [-0.2, -0.15) is 0 Å². The molecule has 10 heteroatoms. The standard InChI is InChI=1S/C22H24N4O3S3/c1-4-9-26-21(29)16-11(2)12(3)31-19(16)25-22(26)30-10-15(27)24-20-17(18(23)28)13-7-5-6-8-14(13)32-20/h4H,1,5-10H2,2-3H3,(H2,23,28)(H,24,27). The van der Waals surface area contributed by atoms with E-state index in [-0.39, 0.29) is 17.2 Å². The zero-order valence-corrected chi connectivity index (χ0v) is 20.4. The molecular formula is C22H24N4O3S3. The Balaban J connectivity index is 1.58. The number of nitrogens with zero attached hydrogens (tertiary/aromatic N) is 2. The topological polar surface area (TPSA) is 107 Å². The van der Waals surface area contributed by atoms with Gasteiger partial charge in [-0.15, -0.1) is 29.3 Å². The second-order valence-electron chi connectivity index (χ2n) is 7.68. The number of amides is 2. The van der Waals surface area contributed by atoms with Crippen LogP contribution in [0.25, 0.3) is 10.2 Å². The average Bonchev–Trinajstić information content (AvgIpc) is 3.25. The Morgan fingerprint density at radius 2 is 2.03 bits per heavy atom. The normalized spacial score (nSPS) is 13.2. The summed E-state index contributed by atoms with van der Waals surface area (Å²) in [4.78, 5) is 45.4. The fraction of sp³-hybridized carbons (Fsp3) is 0.364. The minimum Gasteiger partial charge on any atom is -0.365 e. The summed E-state index contributed by atoms with van der Waals surface area (Å²) in [6.45, 7) is 7.94. The second kappa shape index (κ2) is 9.21. The van der Waals surface area contributed by atoms with E-state index in [9.17, 15) is 14.4 Å². The fourth-order valence-corrected chi connectivity index (χ4v) is 7.11. The molecule has 3 heterocycles. The fourth-order valence-electron chi connectivity index (χ4n) is 3.92. The van der Waals surface area contributed by atoms with E-state index in [0.717, 1.165) is 46.6 Å². The number of hydrogen-bond acceptors (Lipinski definition) is 7. The van der Waals surface area contributed by atoms with Crippen LogP contribution in [-0.2, 0) is 24.2 Å². The molecule has 32 heavy (non-hydrogen) atoms. The van der Waals surface area contributed by atoms with Crippen LogP contribution in [-0.4, -0.2) is 27.1 Å². The SMILES string of the molecule is C=CCn1c(SCC(=O)Nc2sc3c(c2C(N)=O)CCCC3)nc2sc(C)c(C)c2c1=O. The summed E-state index contributed by atoms with van der Waals surface area (Å²) in [6, 6.07) is 0. The summed E-state index contributed by atoms with van der Waals surface area (Å²) in [5.74, 6) is -0.726. The zero-order chi connectivity index (χ0) is 23.0. The summed E-state index contributed by atoms with van der Waals surface area (Å²) in [6.07, 6.45) is 5.45. The molecule has 0 aromatic carbocycles. The van der Waals surface area contributed by atoms with Gasteiger partial charge in [-0.05, 0) is 50.7 Å². The number of carbonyl (C=O) groups excluding carboxylic acids is 2. The van der Waals surface area contributed by atoms with Crippen molar-refractivity contribution < 1.29 is 9.59 Å². The number of rotatable bonds is 7. The van der Waals surface area contributed by atoms with Crippen LogP contribution in [0.15, 0.2) is 22.6 Å². The first-order valence-electron chi connectivity index (χ1n) is 10.3. The maximum atomic E-state index is 13.1. The number of nitrogens with two attached hydrogens (primary N) is 1. The van der Waals surface area contributed by atoms with Crippen LogP contribution >= 0.6 is 34.4 Å². The highest BCUT2D eigenvalue weighted by Crippen LogP contribution is 2.38. The first-order valence-corrected chi connectivity index (χ1v) is 12.9. The van der Waals surface area contributed by atoms with Crippen molar-refractivity contribution in [3.63, 3.8) is 0 Å². The molecule has 0 radical (unpaired) electrons. The molecule has 0 aliphatic heterocycles. The molecule has 4 rings (SSSR count). The van der Waals surface area contributed by atoms with Crippen molar-refractivity contribution in [3.05, 3.63) is 49.5 Å².